The summed E-state index contributed by atoms with van der Waals surface area (Å²) in [5.74, 6) is -4.21. The molecule has 5 rings (SSSR count). The normalized spacial score (nSPS) is 34.8. The molecule has 2 aromatic rings. The second kappa shape index (κ2) is 11.8. The van der Waals surface area contributed by atoms with Gasteiger partial charge in [0.15, 0.2) is 12.1 Å². The summed E-state index contributed by atoms with van der Waals surface area (Å²) in [6.45, 7) is 0.796. The maximum Gasteiger partial charge on any atom is 0.239 e. The van der Waals surface area contributed by atoms with Gasteiger partial charge in [-0.1, -0.05) is 0 Å². The van der Waals surface area contributed by atoms with Crippen LogP contribution in [0.25, 0.3) is 16.5 Å². The number of ketones is 2. The second-order valence-electron chi connectivity index (χ2n) is 10.2. The minimum absolute atomic E-state index is 0.134. The Morgan fingerprint density at radius 3 is 2.16 bits per heavy atom. The summed E-state index contributed by atoms with van der Waals surface area (Å²) in [4.78, 5) is 37.3. The van der Waals surface area contributed by atoms with Crippen LogP contribution in [-0.2, 0) is 23.8 Å². The zero-order valence-electron chi connectivity index (χ0n) is 22.2. The van der Waals surface area contributed by atoms with Gasteiger partial charge in [0, 0.05) is 23.8 Å². The molecule has 3 aliphatic rings. The molecule has 0 bridgehead atoms. The van der Waals surface area contributed by atoms with Crippen LogP contribution in [0.2, 0.25) is 0 Å². The van der Waals surface area contributed by atoms with Gasteiger partial charge in [-0.3, -0.25) is 14.4 Å². The highest BCUT2D eigenvalue weighted by molar-refractivity contribution is 6.48. The van der Waals surface area contributed by atoms with Gasteiger partial charge in [0.1, 0.15) is 65.2 Å². The molecule has 3 heterocycles. The Hall–Kier alpha value is -3.71. The summed E-state index contributed by atoms with van der Waals surface area (Å²) < 4.78 is 27.7. The zero-order chi connectivity index (χ0) is 31.3. The monoisotopic (exact) mass is 608 g/mol. The van der Waals surface area contributed by atoms with Gasteiger partial charge in [0.2, 0.25) is 29.0 Å². The number of carbonyl (C=O) groups is 2. The number of ether oxygens (including phenoxy) is 4. The van der Waals surface area contributed by atoms with Gasteiger partial charge in [0.25, 0.3) is 0 Å². The Labute approximate surface area is 240 Å². The van der Waals surface area contributed by atoms with Crippen molar-refractivity contribution in [2.75, 3.05) is 6.61 Å². The van der Waals surface area contributed by atoms with Gasteiger partial charge in [-0.05, 0) is 19.1 Å². The molecule has 2 aliphatic heterocycles. The molecule has 0 saturated carbocycles. The minimum atomic E-state index is -1.99. The van der Waals surface area contributed by atoms with Gasteiger partial charge >= 0.3 is 0 Å². The third-order valence-corrected chi connectivity index (χ3v) is 7.26. The number of aromatic hydroxyl groups is 2. The van der Waals surface area contributed by atoms with Crippen molar-refractivity contribution in [2.45, 2.75) is 68.3 Å². The van der Waals surface area contributed by atoms with E-state index in [4.69, 9.17) is 23.4 Å². The van der Waals surface area contributed by atoms with Crippen LogP contribution >= 0.6 is 0 Å². The molecule has 1 aromatic carbocycles. The van der Waals surface area contributed by atoms with Crippen molar-refractivity contribution in [2.24, 2.45) is 0 Å². The average Bonchev–Trinajstić information content (AvgIpc) is 2.96. The largest absolute Gasteiger partial charge is 0.508 e. The van der Waals surface area contributed by atoms with Gasteiger partial charge in [0.05, 0.1) is 12.7 Å². The summed E-state index contributed by atoms with van der Waals surface area (Å²) in [6, 6.07) is 1.85. The predicted octanol–water partition coefficient (Wildman–Crippen LogP) is -2.67. The summed E-state index contributed by atoms with van der Waals surface area (Å²) in [6.07, 6.45) is -13.4. The van der Waals surface area contributed by atoms with Crippen molar-refractivity contribution >= 4 is 28.1 Å². The van der Waals surface area contributed by atoms with E-state index in [1.54, 1.807) is 0 Å². The second-order valence-corrected chi connectivity index (χ2v) is 10.2. The number of benzene rings is 1. The number of hydrogen-bond donors (Lipinski definition) is 8. The van der Waals surface area contributed by atoms with Crippen LogP contribution in [-0.4, -0.2) is 120 Å². The number of phenolic OH excluding ortho intramolecular Hbond substituents is 2. The number of phenols is 2. The first-order chi connectivity index (χ1) is 20.3. The lowest BCUT2D eigenvalue weighted by Gasteiger charge is -2.42. The van der Waals surface area contributed by atoms with Crippen molar-refractivity contribution in [3.8, 4) is 17.2 Å². The van der Waals surface area contributed by atoms with E-state index in [0.29, 0.717) is 0 Å². The van der Waals surface area contributed by atoms with E-state index in [0.717, 1.165) is 30.4 Å². The average molecular weight is 609 g/mol. The van der Waals surface area contributed by atoms with Crippen LogP contribution in [0.5, 0.6) is 17.2 Å². The SMILES string of the molecule is CC1OC(OCC2OC(Oc3c(C4=CC(=O)C(=O)C=C4)oc4cc(O)cc(O)c4c3=O)C(O)C(O)C2O)C(O)C(O)C1O. The molecule has 1 aromatic heterocycles. The Balaban J connectivity index is 1.47. The van der Waals surface area contributed by atoms with Crippen LogP contribution in [0.4, 0.5) is 0 Å². The van der Waals surface area contributed by atoms with E-state index < -0.39 is 113 Å². The smallest absolute Gasteiger partial charge is 0.239 e. The fraction of sp³-hybridized carbons (Fsp3) is 0.444. The molecule has 232 valence electrons. The highest BCUT2D eigenvalue weighted by Crippen LogP contribution is 2.36. The number of aliphatic hydroxyl groups excluding tert-OH is 6. The van der Waals surface area contributed by atoms with E-state index in [9.17, 15) is 55.2 Å². The van der Waals surface area contributed by atoms with E-state index in [-0.39, 0.29) is 11.2 Å². The molecule has 10 unspecified atom stereocenters. The number of allylic oxidation sites excluding steroid dienone is 4. The third kappa shape index (κ3) is 5.67. The standard InChI is InChI=1S/C27H28O16/c1-8-17(32)20(35)22(37)26(40-8)39-7-15-18(33)21(36)23(38)27(42-15)43-25-19(34)16-13(31)5-10(28)6-14(16)41-24(25)9-2-3-11(29)12(30)4-9/h2-6,8,15,17-18,20-23,26-28,31-33,35-38H,7H2,1H3. The summed E-state index contributed by atoms with van der Waals surface area (Å²) >= 11 is 0. The summed E-state index contributed by atoms with van der Waals surface area (Å²) in [7, 11) is 0. The molecular formula is C27H28O16. The summed E-state index contributed by atoms with van der Waals surface area (Å²) in [5, 5.41) is 81.5. The highest BCUT2D eigenvalue weighted by Gasteiger charge is 2.48. The lowest BCUT2D eigenvalue weighted by Crippen LogP contribution is -2.61. The Morgan fingerprint density at radius 2 is 1.47 bits per heavy atom. The molecule has 10 atom stereocenters. The van der Waals surface area contributed by atoms with Crippen molar-refractivity contribution < 1.29 is 73.8 Å². The van der Waals surface area contributed by atoms with Crippen LogP contribution in [0.3, 0.4) is 0 Å². The van der Waals surface area contributed by atoms with Crippen LogP contribution in [0.15, 0.2) is 39.6 Å². The Bertz CT molecular complexity index is 1540. The molecule has 1 aliphatic carbocycles. The van der Waals surface area contributed by atoms with Crippen LogP contribution in [0.1, 0.15) is 12.7 Å². The van der Waals surface area contributed by atoms with Gasteiger partial charge in [-0.25, -0.2) is 0 Å². The first-order valence-corrected chi connectivity index (χ1v) is 13.0. The van der Waals surface area contributed by atoms with E-state index in [1.165, 1.54) is 6.92 Å². The lowest BCUT2D eigenvalue weighted by molar-refractivity contribution is -0.318. The number of aliphatic hydroxyl groups is 6. The molecule has 8 N–H and O–H groups in total. The first-order valence-electron chi connectivity index (χ1n) is 13.0. The minimum Gasteiger partial charge on any atom is -0.508 e. The molecule has 2 fully saturated rings. The van der Waals surface area contributed by atoms with Crippen LogP contribution < -0.4 is 10.2 Å². The summed E-state index contributed by atoms with van der Waals surface area (Å²) in [5.41, 5.74) is -1.52. The van der Waals surface area contributed by atoms with Crippen molar-refractivity contribution in [1.82, 2.24) is 0 Å². The lowest BCUT2D eigenvalue weighted by atomic mass is 9.98. The molecule has 16 heteroatoms. The molecule has 16 nitrogen and oxygen atoms in total. The quantitative estimate of drug-likeness (QED) is 0.123. The Kier molecular flexibility index (Phi) is 8.41. The molecule has 0 spiro atoms. The molecular weight excluding hydrogens is 580 g/mol. The highest BCUT2D eigenvalue weighted by atomic mass is 16.7. The number of rotatable bonds is 6. The molecule has 0 radical (unpaired) electrons. The van der Waals surface area contributed by atoms with Crippen LogP contribution in [0, 0.1) is 0 Å². The molecule has 2 saturated heterocycles. The fourth-order valence-corrected chi connectivity index (χ4v) is 4.82. The maximum atomic E-state index is 13.5. The Morgan fingerprint density at radius 1 is 0.791 bits per heavy atom. The third-order valence-electron chi connectivity index (χ3n) is 7.26. The number of carbonyl (C=O) groups excluding carboxylic acids is 2. The van der Waals surface area contributed by atoms with Gasteiger partial charge in [-0.15, -0.1) is 0 Å². The van der Waals surface area contributed by atoms with Crippen molar-refractivity contribution in [1.29, 1.82) is 0 Å². The van der Waals surface area contributed by atoms with Gasteiger partial charge < -0.3 is 64.2 Å². The first kappa shape index (κ1) is 30.7. The topological polar surface area (TPSA) is 263 Å². The fourth-order valence-electron chi connectivity index (χ4n) is 4.82. The van der Waals surface area contributed by atoms with Crippen molar-refractivity contribution in [3.05, 3.63) is 46.3 Å². The number of fused-ring (bicyclic) bond motifs is 1. The number of hydrogen-bond acceptors (Lipinski definition) is 16. The zero-order valence-corrected chi connectivity index (χ0v) is 22.2. The van der Waals surface area contributed by atoms with E-state index >= 15 is 0 Å². The molecule has 0 amide bonds. The maximum absolute atomic E-state index is 13.5. The predicted molar refractivity (Wildman–Crippen MR) is 139 cm³/mol. The van der Waals surface area contributed by atoms with Crippen molar-refractivity contribution in [3.63, 3.8) is 0 Å². The molecule has 43 heavy (non-hydrogen) atoms. The van der Waals surface area contributed by atoms with E-state index in [1.807, 2.05) is 0 Å². The van der Waals surface area contributed by atoms with E-state index in [2.05, 4.69) is 0 Å². The van der Waals surface area contributed by atoms with Gasteiger partial charge in [-0.2, -0.15) is 0 Å².